The molecule has 1 nitrogen and oxygen atoms in total. The van der Waals surface area contributed by atoms with Gasteiger partial charge in [0.1, 0.15) is 0 Å². The standard InChI is InChI=1S/C18H27N/c1-7-17(10-11-19(5)6)18-13-16(12-14(2)3)9-8-15(18)4/h7-9,13H,2,10-12H2,1,3-6H3/b17-7-. The molecule has 0 heterocycles. The first-order valence-electron chi connectivity index (χ1n) is 6.98. The Bertz CT molecular complexity index is 467. The maximum atomic E-state index is 4.01. The van der Waals surface area contributed by atoms with E-state index in [9.17, 15) is 0 Å². The largest absolute Gasteiger partial charge is 0.309 e. The zero-order chi connectivity index (χ0) is 14.4. The summed E-state index contributed by atoms with van der Waals surface area (Å²) >= 11 is 0. The van der Waals surface area contributed by atoms with Crippen LogP contribution in [0.1, 0.15) is 37.0 Å². The van der Waals surface area contributed by atoms with Crippen LogP contribution in [0.3, 0.4) is 0 Å². The summed E-state index contributed by atoms with van der Waals surface area (Å²) < 4.78 is 0. The molecule has 0 spiro atoms. The van der Waals surface area contributed by atoms with E-state index in [0.29, 0.717) is 0 Å². The molecule has 104 valence electrons. The number of benzene rings is 1. The molecule has 0 aliphatic rings. The Balaban J connectivity index is 2.99. The second-order valence-electron chi connectivity index (χ2n) is 5.65. The monoisotopic (exact) mass is 257 g/mol. The summed E-state index contributed by atoms with van der Waals surface area (Å²) in [6, 6.07) is 6.77. The van der Waals surface area contributed by atoms with Gasteiger partial charge in [-0.05, 0) is 70.0 Å². The number of rotatable bonds is 6. The van der Waals surface area contributed by atoms with Gasteiger partial charge in [-0.1, -0.05) is 36.4 Å². The first kappa shape index (κ1) is 15.7. The summed E-state index contributed by atoms with van der Waals surface area (Å²) in [7, 11) is 4.25. The van der Waals surface area contributed by atoms with Crippen molar-refractivity contribution in [3.05, 3.63) is 53.1 Å². The van der Waals surface area contributed by atoms with Crippen molar-refractivity contribution in [2.45, 2.75) is 33.6 Å². The Morgan fingerprint density at radius 1 is 1.32 bits per heavy atom. The second kappa shape index (κ2) is 7.30. The van der Waals surface area contributed by atoms with E-state index in [1.807, 2.05) is 0 Å². The number of nitrogens with zero attached hydrogens (tertiary/aromatic N) is 1. The molecule has 0 aromatic heterocycles. The molecule has 0 aliphatic carbocycles. The van der Waals surface area contributed by atoms with Gasteiger partial charge in [0.15, 0.2) is 0 Å². The van der Waals surface area contributed by atoms with Crippen LogP contribution < -0.4 is 0 Å². The van der Waals surface area contributed by atoms with Crippen LogP contribution in [0.15, 0.2) is 36.4 Å². The lowest BCUT2D eigenvalue weighted by atomic mass is 9.94. The minimum Gasteiger partial charge on any atom is -0.309 e. The summed E-state index contributed by atoms with van der Waals surface area (Å²) in [4.78, 5) is 2.23. The summed E-state index contributed by atoms with van der Waals surface area (Å²) in [6.45, 7) is 11.5. The molecule has 0 saturated heterocycles. The Morgan fingerprint density at radius 2 is 2.00 bits per heavy atom. The number of aryl methyl sites for hydroxylation is 1. The Kier molecular flexibility index (Phi) is 6.04. The van der Waals surface area contributed by atoms with Gasteiger partial charge in [-0.15, -0.1) is 0 Å². The fourth-order valence-corrected chi connectivity index (χ4v) is 2.25. The van der Waals surface area contributed by atoms with Crippen molar-refractivity contribution in [1.82, 2.24) is 4.90 Å². The Morgan fingerprint density at radius 3 is 2.53 bits per heavy atom. The molecule has 0 bridgehead atoms. The number of allylic oxidation sites excluding steroid dienone is 2. The summed E-state index contributed by atoms with van der Waals surface area (Å²) in [6.07, 6.45) is 4.31. The molecule has 0 saturated carbocycles. The predicted molar refractivity (Wildman–Crippen MR) is 86.5 cm³/mol. The molecule has 1 aromatic rings. The number of hydrogen-bond acceptors (Lipinski definition) is 1. The topological polar surface area (TPSA) is 3.24 Å². The summed E-state index contributed by atoms with van der Waals surface area (Å²) in [5, 5.41) is 0. The van der Waals surface area contributed by atoms with Crippen molar-refractivity contribution in [3.8, 4) is 0 Å². The smallest absolute Gasteiger partial charge is 0.00158 e. The van der Waals surface area contributed by atoms with Gasteiger partial charge >= 0.3 is 0 Å². The van der Waals surface area contributed by atoms with Crippen LogP contribution in [-0.2, 0) is 6.42 Å². The van der Waals surface area contributed by atoms with Crippen LogP contribution in [0.25, 0.3) is 5.57 Å². The van der Waals surface area contributed by atoms with Crippen LogP contribution >= 0.6 is 0 Å². The highest BCUT2D eigenvalue weighted by molar-refractivity contribution is 5.68. The van der Waals surface area contributed by atoms with Crippen LogP contribution in [0.2, 0.25) is 0 Å². The van der Waals surface area contributed by atoms with E-state index in [1.54, 1.807) is 0 Å². The highest BCUT2D eigenvalue weighted by Gasteiger charge is 2.06. The van der Waals surface area contributed by atoms with Crippen LogP contribution in [0, 0.1) is 6.92 Å². The maximum absolute atomic E-state index is 4.01. The third kappa shape index (κ3) is 5.04. The van der Waals surface area contributed by atoms with Gasteiger partial charge in [-0.25, -0.2) is 0 Å². The zero-order valence-corrected chi connectivity index (χ0v) is 13.1. The predicted octanol–water partition coefficient (Wildman–Crippen LogP) is 4.47. The van der Waals surface area contributed by atoms with Crippen LogP contribution in [0.5, 0.6) is 0 Å². The van der Waals surface area contributed by atoms with Gasteiger partial charge in [0, 0.05) is 6.54 Å². The van der Waals surface area contributed by atoms with Crippen LogP contribution in [0.4, 0.5) is 0 Å². The minimum atomic E-state index is 0.970. The van der Waals surface area contributed by atoms with Gasteiger partial charge in [-0.2, -0.15) is 0 Å². The molecular formula is C18H27N. The third-order valence-electron chi connectivity index (χ3n) is 3.33. The van der Waals surface area contributed by atoms with Gasteiger partial charge < -0.3 is 4.90 Å². The average Bonchev–Trinajstić information content (AvgIpc) is 2.32. The van der Waals surface area contributed by atoms with Crippen molar-refractivity contribution >= 4 is 5.57 Å². The fraction of sp³-hybridized carbons (Fsp3) is 0.444. The SMILES string of the molecule is C=C(C)Cc1ccc(C)c(/C(=C\C)CCN(C)C)c1. The Labute approximate surface area is 118 Å². The van der Waals surface area contributed by atoms with Crippen molar-refractivity contribution in [3.63, 3.8) is 0 Å². The van der Waals surface area contributed by atoms with E-state index in [4.69, 9.17) is 0 Å². The fourth-order valence-electron chi connectivity index (χ4n) is 2.25. The van der Waals surface area contributed by atoms with Crippen molar-refractivity contribution in [1.29, 1.82) is 0 Å². The molecule has 0 atom stereocenters. The maximum Gasteiger partial charge on any atom is 0.00158 e. The van der Waals surface area contributed by atoms with Gasteiger partial charge in [0.05, 0.1) is 0 Å². The molecule has 19 heavy (non-hydrogen) atoms. The van der Waals surface area contributed by atoms with E-state index in [2.05, 4.69) is 70.6 Å². The Hall–Kier alpha value is -1.34. The highest BCUT2D eigenvalue weighted by Crippen LogP contribution is 2.24. The van der Waals surface area contributed by atoms with E-state index < -0.39 is 0 Å². The van der Waals surface area contributed by atoms with E-state index >= 15 is 0 Å². The van der Waals surface area contributed by atoms with Crippen molar-refractivity contribution < 1.29 is 0 Å². The van der Waals surface area contributed by atoms with E-state index in [-0.39, 0.29) is 0 Å². The molecule has 0 aliphatic heterocycles. The normalized spacial score (nSPS) is 12.0. The molecule has 0 N–H and O–H groups in total. The van der Waals surface area contributed by atoms with Crippen LogP contribution in [-0.4, -0.2) is 25.5 Å². The molecule has 0 unspecified atom stereocenters. The molecule has 0 fully saturated rings. The summed E-state index contributed by atoms with van der Waals surface area (Å²) in [5.74, 6) is 0. The average molecular weight is 257 g/mol. The van der Waals surface area contributed by atoms with Gasteiger partial charge in [0.25, 0.3) is 0 Å². The lowest BCUT2D eigenvalue weighted by Crippen LogP contribution is -2.13. The lowest BCUT2D eigenvalue weighted by molar-refractivity contribution is 0.419. The van der Waals surface area contributed by atoms with Crippen molar-refractivity contribution in [2.75, 3.05) is 20.6 Å². The molecular weight excluding hydrogens is 230 g/mol. The first-order chi connectivity index (χ1) is 8.93. The second-order valence-corrected chi connectivity index (χ2v) is 5.65. The molecule has 1 heteroatoms. The van der Waals surface area contributed by atoms with Crippen molar-refractivity contribution in [2.24, 2.45) is 0 Å². The molecule has 1 aromatic carbocycles. The molecule has 1 rings (SSSR count). The third-order valence-corrected chi connectivity index (χ3v) is 3.33. The van der Waals surface area contributed by atoms with E-state index in [0.717, 1.165) is 19.4 Å². The first-order valence-corrected chi connectivity index (χ1v) is 6.98. The van der Waals surface area contributed by atoms with Gasteiger partial charge in [-0.3, -0.25) is 0 Å². The molecule has 0 amide bonds. The quantitative estimate of drug-likeness (QED) is 0.680. The van der Waals surface area contributed by atoms with Gasteiger partial charge in [0.2, 0.25) is 0 Å². The van der Waals surface area contributed by atoms with E-state index in [1.165, 1.54) is 27.8 Å². The molecule has 0 radical (unpaired) electrons. The number of hydrogen-bond donors (Lipinski definition) is 0. The highest BCUT2D eigenvalue weighted by atomic mass is 15.0. The minimum absolute atomic E-state index is 0.970. The lowest BCUT2D eigenvalue weighted by Gasteiger charge is -2.15. The zero-order valence-electron chi connectivity index (χ0n) is 13.1. The summed E-state index contributed by atoms with van der Waals surface area (Å²) in [5.41, 5.74) is 6.76.